The highest BCUT2D eigenvalue weighted by Crippen LogP contribution is 2.25. The maximum absolute atomic E-state index is 2.40. The molecule has 0 amide bonds. The van der Waals surface area contributed by atoms with Crippen molar-refractivity contribution in [2.75, 3.05) is 0 Å². The predicted octanol–water partition coefficient (Wildman–Crippen LogP) is 3.43. The van der Waals surface area contributed by atoms with Crippen LogP contribution in [-0.2, 0) is 0 Å². The van der Waals surface area contributed by atoms with Crippen LogP contribution in [0.2, 0.25) is 0 Å². The minimum Gasteiger partial charge on any atom is -0.0767 e. The van der Waals surface area contributed by atoms with Crippen molar-refractivity contribution in [1.29, 1.82) is 0 Å². The Labute approximate surface area is 119 Å². The summed E-state index contributed by atoms with van der Waals surface area (Å²) < 4.78 is 0. The number of rotatable bonds is 1. The molecule has 2 aromatic carbocycles. The van der Waals surface area contributed by atoms with E-state index in [0.29, 0.717) is 5.92 Å². The van der Waals surface area contributed by atoms with E-state index in [1.807, 2.05) is 0 Å². The monoisotopic (exact) mass is 256 g/mol. The molecule has 0 N–H and O–H groups in total. The Morgan fingerprint density at radius 1 is 0.850 bits per heavy atom. The van der Waals surface area contributed by atoms with Crippen molar-refractivity contribution in [2.45, 2.75) is 6.42 Å². The number of hydrogen-bond donors (Lipinski definition) is 0. The van der Waals surface area contributed by atoms with Gasteiger partial charge < -0.3 is 0 Å². The van der Waals surface area contributed by atoms with Crippen LogP contribution in [0.25, 0.3) is 22.8 Å². The molecule has 0 fully saturated rings. The first-order valence-electron chi connectivity index (χ1n) is 7.17. The van der Waals surface area contributed by atoms with Gasteiger partial charge in [0.1, 0.15) is 0 Å². The molecule has 0 nitrogen and oxygen atoms in total. The third-order valence-corrected chi connectivity index (χ3v) is 4.21. The van der Waals surface area contributed by atoms with E-state index in [2.05, 4.69) is 78.9 Å². The van der Waals surface area contributed by atoms with Gasteiger partial charge in [-0.25, -0.2) is 0 Å². The highest BCUT2D eigenvalue weighted by Gasteiger charge is 2.15. The molecule has 0 radical (unpaired) electrons. The van der Waals surface area contributed by atoms with Crippen LogP contribution in [-0.4, -0.2) is 0 Å². The molecule has 0 spiro atoms. The molecule has 0 heterocycles. The summed E-state index contributed by atoms with van der Waals surface area (Å²) in [5.74, 6) is 0.554. The molecular weight excluding hydrogens is 240 g/mol. The third kappa shape index (κ3) is 1.77. The molecule has 20 heavy (non-hydrogen) atoms. The molecule has 96 valence electrons. The van der Waals surface area contributed by atoms with Crippen molar-refractivity contribution in [3.63, 3.8) is 0 Å². The van der Waals surface area contributed by atoms with Gasteiger partial charge in [-0.1, -0.05) is 78.9 Å². The van der Waals surface area contributed by atoms with Crippen LogP contribution < -0.4 is 10.4 Å². The summed E-state index contributed by atoms with van der Waals surface area (Å²) >= 11 is 0. The van der Waals surface area contributed by atoms with Crippen molar-refractivity contribution < 1.29 is 0 Å². The quantitative estimate of drug-likeness (QED) is 0.733. The van der Waals surface area contributed by atoms with Gasteiger partial charge in [0.05, 0.1) is 0 Å². The highest BCUT2D eigenvalue weighted by molar-refractivity contribution is 5.72. The van der Waals surface area contributed by atoms with E-state index >= 15 is 0 Å². The van der Waals surface area contributed by atoms with E-state index in [1.54, 1.807) is 0 Å². The molecule has 1 atom stereocenters. The van der Waals surface area contributed by atoms with E-state index in [9.17, 15) is 0 Å². The molecule has 0 aromatic heterocycles. The maximum atomic E-state index is 2.40. The summed E-state index contributed by atoms with van der Waals surface area (Å²) in [6.07, 6.45) is 12.4. The Kier molecular flexibility index (Phi) is 2.67. The summed E-state index contributed by atoms with van der Waals surface area (Å²) in [4.78, 5) is 0. The van der Waals surface area contributed by atoms with E-state index in [4.69, 9.17) is 0 Å². The molecule has 1 unspecified atom stereocenters. The molecule has 0 saturated carbocycles. The lowest BCUT2D eigenvalue weighted by Crippen LogP contribution is -2.33. The zero-order chi connectivity index (χ0) is 13.4. The molecule has 4 rings (SSSR count). The zero-order valence-electron chi connectivity index (χ0n) is 11.3. The summed E-state index contributed by atoms with van der Waals surface area (Å²) in [6, 6.07) is 17.3. The van der Waals surface area contributed by atoms with Crippen LogP contribution in [0.3, 0.4) is 0 Å². The molecule has 0 aliphatic heterocycles. The molecule has 0 heteroatoms. The second-order valence-electron chi connectivity index (χ2n) is 5.38. The summed E-state index contributed by atoms with van der Waals surface area (Å²) in [5, 5.41) is 2.79. The summed E-state index contributed by atoms with van der Waals surface area (Å²) in [6.45, 7) is 0. The van der Waals surface area contributed by atoms with Crippen LogP contribution in [0.15, 0.2) is 72.8 Å². The Morgan fingerprint density at radius 2 is 1.75 bits per heavy atom. The van der Waals surface area contributed by atoms with Crippen molar-refractivity contribution in [3.8, 4) is 11.1 Å². The average Bonchev–Trinajstić information content (AvgIpc) is 2.55. The van der Waals surface area contributed by atoms with Crippen LogP contribution in [0.5, 0.6) is 0 Å². The first kappa shape index (κ1) is 11.5. The minimum atomic E-state index is 0.554. The van der Waals surface area contributed by atoms with E-state index in [1.165, 1.54) is 27.1 Å². The van der Waals surface area contributed by atoms with Crippen LogP contribution in [0.1, 0.15) is 6.42 Å². The molecule has 0 saturated heterocycles. The third-order valence-electron chi connectivity index (χ3n) is 4.21. The van der Waals surface area contributed by atoms with Crippen molar-refractivity contribution in [2.24, 2.45) is 5.92 Å². The van der Waals surface area contributed by atoms with Gasteiger partial charge in [0.25, 0.3) is 0 Å². The number of fused-ring (bicyclic) bond motifs is 2. The maximum Gasteiger partial charge on any atom is 0.00620 e. The summed E-state index contributed by atoms with van der Waals surface area (Å²) in [7, 11) is 0. The van der Waals surface area contributed by atoms with Gasteiger partial charge in [0, 0.05) is 5.92 Å². The normalized spacial score (nSPS) is 19.2. The second-order valence-corrected chi connectivity index (χ2v) is 5.38. The minimum absolute atomic E-state index is 0.554. The molecular formula is C20H16. The fourth-order valence-electron chi connectivity index (χ4n) is 3.23. The van der Waals surface area contributed by atoms with Gasteiger partial charge in [-0.2, -0.15) is 0 Å². The van der Waals surface area contributed by atoms with Gasteiger partial charge in [-0.05, 0) is 33.6 Å². The van der Waals surface area contributed by atoms with Crippen molar-refractivity contribution in [1.82, 2.24) is 0 Å². The average molecular weight is 256 g/mol. The predicted molar refractivity (Wildman–Crippen MR) is 85.4 cm³/mol. The fraction of sp³-hybridized carbons (Fsp3) is 0.100. The fourth-order valence-corrected chi connectivity index (χ4v) is 3.23. The largest absolute Gasteiger partial charge is 0.0767 e. The second kappa shape index (κ2) is 4.64. The topological polar surface area (TPSA) is 0 Å². The van der Waals surface area contributed by atoms with Gasteiger partial charge in [0.15, 0.2) is 0 Å². The highest BCUT2D eigenvalue weighted by atomic mass is 14.2. The number of hydrogen-bond acceptors (Lipinski definition) is 0. The Morgan fingerprint density at radius 3 is 2.65 bits per heavy atom. The Balaban J connectivity index is 2.04. The zero-order valence-corrected chi connectivity index (χ0v) is 11.3. The lowest BCUT2D eigenvalue weighted by molar-refractivity contribution is 0.863. The SMILES string of the molecule is C1=CC2=c3cccc(-c4ccccc4)c3=CCC2C=C1. The van der Waals surface area contributed by atoms with Gasteiger partial charge in [-0.15, -0.1) is 0 Å². The van der Waals surface area contributed by atoms with Gasteiger partial charge in [0.2, 0.25) is 0 Å². The van der Waals surface area contributed by atoms with Crippen LogP contribution in [0, 0.1) is 5.92 Å². The molecule has 2 aliphatic rings. The van der Waals surface area contributed by atoms with Crippen molar-refractivity contribution in [3.05, 3.63) is 83.3 Å². The number of benzene rings is 2. The van der Waals surface area contributed by atoms with Crippen LogP contribution in [0.4, 0.5) is 0 Å². The smallest absolute Gasteiger partial charge is 0.00620 e. The Hall–Kier alpha value is -2.34. The Bertz CT molecular complexity index is 820. The lowest BCUT2D eigenvalue weighted by Gasteiger charge is -2.20. The molecule has 0 bridgehead atoms. The van der Waals surface area contributed by atoms with Gasteiger partial charge in [-0.3, -0.25) is 0 Å². The lowest BCUT2D eigenvalue weighted by atomic mass is 9.84. The summed E-state index contributed by atoms with van der Waals surface area (Å²) in [5.41, 5.74) is 4.11. The molecule has 2 aromatic rings. The number of allylic oxidation sites excluding steroid dienone is 4. The first-order chi connectivity index (χ1) is 9.93. The van der Waals surface area contributed by atoms with Gasteiger partial charge >= 0.3 is 0 Å². The van der Waals surface area contributed by atoms with Crippen molar-refractivity contribution >= 4 is 11.6 Å². The van der Waals surface area contributed by atoms with E-state index in [0.717, 1.165) is 6.42 Å². The van der Waals surface area contributed by atoms with Crippen LogP contribution >= 0.6 is 0 Å². The standard InChI is InChI=1S/C20H16/c1-2-7-15(8-3-1)18-11-6-12-19-17-10-5-4-9-16(17)13-14-20(18)19/h1-12,14,16H,13H2. The van der Waals surface area contributed by atoms with E-state index < -0.39 is 0 Å². The first-order valence-corrected chi connectivity index (χ1v) is 7.17. The molecule has 2 aliphatic carbocycles. The van der Waals surface area contributed by atoms with E-state index in [-0.39, 0.29) is 0 Å².